The van der Waals surface area contributed by atoms with Crippen molar-refractivity contribution in [2.24, 2.45) is 0 Å². The van der Waals surface area contributed by atoms with Crippen LogP contribution in [0.3, 0.4) is 0 Å². The first-order valence-electron chi connectivity index (χ1n) is 5.05. The number of rotatable bonds is 2. The summed E-state index contributed by atoms with van der Waals surface area (Å²) in [5.41, 5.74) is 3.28. The van der Waals surface area contributed by atoms with Gasteiger partial charge in [0.05, 0.1) is 11.2 Å². The van der Waals surface area contributed by atoms with Crippen molar-refractivity contribution in [1.29, 1.82) is 0 Å². The van der Waals surface area contributed by atoms with Crippen LogP contribution in [0.2, 0.25) is 0 Å². The molecule has 2 heterocycles. The van der Waals surface area contributed by atoms with Gasteiger partial charge in [-0.2, -0.15) is 5.10 Å². The number of aromatic nitrogens is 3. The Morgan fingerprint density at radius 2 is 2.21 bits per heavy atom. The fourth-order valence-corrected chi connectivity index (χ4v) is 1.66. The van der Waals surface area contributed by atoms with Gasteiger partial charge in [-0.15, -0.1) is 0 Å². The fraction of sp³-hybridized carbons (Fsp3) is 0.455. The molecule has 14 heavy (non-hydrogen) atoms. The lowest BCUT2D eigenvalue weighted by Gasteiger charge is -1.97. The van der Waals surface area contributed by atoms with Gasteiger partial charge in [-0.25, -0.2) is 0 Å². The summed E-state index contributed by atoms with van der Waals surface area (Å²) in [5, 5.41) is 4.56. The zero-order valence-corrected chi connectivity index (χ0v) is 8.86. The standard InChI is InChI=1S/C11H15N3/c1-4-14-9-6-5-7-12-11(9)10(13-14)8(2)3/h5-8H,4H2,1-3H3. The van der Waals surface area contributed by atoms with Gasteiger partial charge in [-0.3, -0.25) is 9.67 Å². The third-order valence-corrected chi connectivity index (χ3v) is 2.38. The Morgan fingerprint density at radius 1 is 1.43 bits per heavy atom. The van der Waals surface area contributed by atoms with Gasteiger partial charge in [-0.1, -0.05) is 13.8 Å². The van der Waals surface area contributed by atoms with Gasteiger partial charge in [0, 0.05) is 12.7 Å². The van der Waals surface area contributed by atoms with Gasteiger partial charge in [0.1, 0.15) is 5.52 Å². The summed E-state index contributed by atoms with van der Waals surface area (Å²) in [4.78, 5) is 4.39. The highest BCUT2D eigenvalue weighted by Crippen LogP contribution is 2.22. The Hall–Kier alpha value is -1.38. The smallest absolute Gasteiger partial charge is 0.112 e. The minimum absolute atomic E-state index is 0.431. The van der Waals surface area contributed by atoms with Crippen molar-refractivity contribution in [3.63, 3.8) is 0 Å². The molecule has 0 aliphatic rings. The first kappa shape index (κ1) is 9.19. The summed E-state index contributed by atoms with van der Waals surface area (Å²) in [7, 11) is 0. The Bertz CT molecular complexity index is 443. The Labute approximate surface area is 83.8 Å². The molecule has 0 bridgehead atoms. The summed E-state index contributed by atoms with van der Waals surface area (Å²) >= 11 is 0. The van der Waals surface area contributed by atoms with Crippen LogP contribution < -0.4 is 0 Å². The second-order valence-corrected chi connectivity index (χ2v) is 3.73. The first-order chi connectivity index (χ1) is 6.74. The Kier molecular flexibility index (Phi) is 2.23. The number of fused-ring (bicyclic) bond motifs is 1. The molecule has 0 aliphatic carbocycles. The molecule has 0 saturated carbocycles. The Balaban J connectivity index is 2.73. The molecule has 0 radical (unpaired) electrons. The average Bonchev–Trinajstić information content (AvgIpc) is 2.56. The van der Waals surface area contributed by atoms with E-state index >= 15 is 0 Å². The predicted octanol–water partition coefficient (Wildman–Crippen LogP) is 2.57. The molecule has 0 spiro atoms. The van der Waals surface area contributed by atoms with E-state index in [2.05, 4.69) is 36.9 Å². The third kappa shape index (κ3) is 1.29. The fourth-order valence-electron chi connectivity index (χ4n) is 1.66. The molecule has 2 aromatic heterocycles. The number of nitrogens with zero attached hydrogens (tertiary/aromatic N) is 3. The van der Waals surface area contributed by atoms with Crippen LogP contribution in [-0.4, -0.2) is 14.8 Å². The Morgan fingerprint density at radius 3 is 2.86 bits per heavy atom. The average molecular weight is 189 g/mol. The van der Waals surface area contributed by atoms with Crippen LogP contribution in [0.25, 0.3) is 11.0 Å². The minimum atomic E-state index is 0.431. The van der Waals surface area contributed by atoms with E-state index in [-0.39, 0.29) is 0 Å². The molecule has 0 atom stereocenters. The van der Waals surface area contributed by atoms with Crippen LogP contribution in [0.1, 0.15) is 32.4 Å². The first-order valence-corrected chi connectivity index (χ1v) is 5.05. The van der Waals surface area contributed by atoms with Gasteiger partial charge >= 0.3 is 0 Å². The quantitative estimate of drug-likeness (QED) is 0.727. The van der Waals surface area contributed by atoms with Crippen LogP contribution in [-0.2, 0) is 6.54 Å². The van der Waals surface area contributed by atoms with Crippen molar-refractivity contribution in [1.82, 2.24) is 14.8 Å². The van der Waals surface area contributed by atoms with Crippen LogP contribution in [0, 0.1) is 0 Å². The molecule has 3 nitrogen and oxygen atoms in total. The zero-order valence-electron chi connectivity index (χ0n) is 8.86. The van der Waals surface area contributed by atoms with E-state index in [0.717, 1.165) is 23.3 Å². The van der Waals surface area contributed by atoms with Crippen molar-refractivity contribution in [3.05, 3.63) is 24.0 Å². The van der Waals surface area contributed by atoms with Gasteiger partial charge < -0.3 is 0 Å². The highest BCUT2D eigenvalue weighted by Gasteiger charge is 2.12. The normalized spacial score (nSPS) is 11.4. The summed E-state index contributed by atoms with van der Waals surface area (Å²) in [6, 6.07) is 4.03. The molecule has 0 saturated heterocycles. The van der Waals surface area contributed by atoms with E-state index in [1.165, 1.54) is 0 Å². The van der Waals surface area contributed by atoms with Crippen LogP contribution in [0.4, 0.5) is 0 Å². The highest BCUT2D eigenvalue weighted by molar-refractivity contribution is 5.77. The largest absolute Gasteiger partial charge is 0.263 e. The summed E-state index contributed by atoms with van der Waals surface area (Å²) in [5.74, 6) is 0.431. The highest BCUT2D eigenvalue weighted by atomic mass is 15.3. The van der Waals surface area contributed by atoms with Gasteiger partial charge in [0.2, 0.25) is 0 Å². The van der Waals surface area contributed by atoms with E-state index in [0.29, 0.717) is 5.92 Å². The lowest BCUT2D eigenvalue weighted by atomic mass is 10.1. The number of hydrogen-bond acceptors (Lipinski definition) is 2. The number of aryl methyl sites for hydroxylation is 1. The van der Waals surface area contributed by atoms with Crippen molar-refractivity contribution in [3.8, 4) is 0 Å². The second-order valence-electron chi connectivity index (χ2n) is 3.73. The maximum atomic E-state index is 4.56. The topological polar surface area (TPSA) is 30.7 Å². The zero-order chi connectivity index (χ0) is 10.1. The van der Waals surface area contributed by atoms with Crippen molar-refractivity contribution in [2.75, 3.05) is 0 Å². The predicted molar refractivity (Wildman–Crippen MR) is 57.3 cm³/mol. The van der Waals surface area contributed by atoms with E-state index in [1.807, 2.05) is 16.9 Å². The van der Waals surface area contributed by atoms with Crippen LogP contribution in [0.15, 0.2) is 18.3 Å². The van der Waals surface area contributed by atoms with Crippen LogP contribution >= 0.6 is 0 Å². The molecule has 0 fully saturated rings. The second kappa shape index (κ2) is 3.40. The van der Waals surface area contributed by atoms with E-state index in [9.17, 15) is 0 Å². The molecular formula is C11H15N3. The van der Waals surface area contributed by atoms with Crippen molar-refractivity contribution >= 4 is 11.0 Å². The summed E-state index contributed by atoms with van der Waals surface area (Å²) in [6.07, 6.45) is 1.83. The molecule has 74 valence electrons. The van der Waals surface area contributed by atoms with Crippen molar-refractivity contribution in [2.45, 2.75) is 33.2 Å². The summed E-state index contributed by atoms with van der Waals surface area (Å²) in [6.45, 7) is 7.30. The van der Waals surface area contributed by atoms with Gasteiger partial charge in [0.25, 0.3) is 0 Å². The molecule has 0 unspecified atom stereocenters. The molecule has 0 N–H and O–H groups in total. The minimum Gasteiger partial charge on any atom is -0.263 e. The molecule has 0 aromatic carbocycles. The molecule has 3 heteroatoms. The SMILES string of the molecule is CCn1nc(C(C)C)c2ncccc21. The molecule has 2 aromatic rings. The van der Waals surface area contributed by atoms with Gasteiger partial charge in [0.15, 0.2) is 0 Å². The molecule has 0 amide bonds. The summed E-state index contributed by atoms with van der Waals surface area (Å²) < 4.78 is 2.01. The lowest BCUT2D eigenvalue weighted by Crippen LogP contribution is -1.97. The third-order valence-electron chi connectivity index (χ3n) is 2.38. The molecule has 0 aliphatic heterocycles. The van der Waals surface area contributed by atoms with E-state index in [1.54, 1.807) is 0 Å². The lowest BCUT2D eigenvalue weighted by molar-refractivity contribution is 0.654. The maximum absolute atomic E-state index is 4.56. The van der Waals surface area contributed by atoms with Crippen LogP contribution in [0.5, 0.6) is 0 Å². The van der Waals surface area contributed by atoms with E-state index in [4.69, 9.17) is 0 Å². The monoisotopic (exact) mass is 189 g/mol. The number of pyridine rings is 1. The maximum Gasteiger partial charge on any atom is 0.112 e. The number of hydrogen-bond donors (Lipinski definition) is 0. The molecular weight excluding hydrogens is 174 g/mol. The van der Waals surface area contributed by atoms with E-state index < -0.39 is 0 Å². The van der Waals surface area contributed by atoms with Crippen molar-refractivity contribution < 1.29 is 0 Å². The van der Waals surface area contributed by atoms with Gasteiger partial charge in [-0.05, 0) is 25.0 Å². The molecule has 2 rings (SSSR count).